The van der Waals surface area contributed by atoms with E-state index in [0.29, 0.717) is 11.4 Å². The fraction of sp³-hybridized carbons (Fsp3) is 0.0476. The molecule has 0 spiro atoms. The molecule has 0 aliphatic rings. The first-order valence-electron chi connectivity index (χ1n) is 9.08. The molecule has 2 aromatic heterocycles. The lowest BCUT2D eigenvalue weighted by Crippen LogP contribution is -2.13. The van der Waals surface area contributed by atoms with Crippen molar-refractivity contribution in [3.05, 3.63) is 83.8 Å². The van der Waals surface area contributed by atoms with E-state index in [2.05, 4.69) is 15.5 Å². The summed E-state index contributed by atoms with van der Waals surface area (Å²) in [4.78, 5) is 24.0. The van der Waals surface area contributed by atoms with Gasteiger partial charge < -0.3 is 11.1 Å². The van der Waals surface area contributed by atoms with Gasteiger partial charge in [-0.05, 0) is 42.5 Å². The molecule has 10 heteroatoms. The van der Waals surface area contributed by atoms with Crippen LogP contribution < -0.4 is 11.1 Å². The lowest BCUT2D eigenvalue weighted by atomic mass is 10.1. The summed E-state index contributed by atoms with van der Waals surface area (Å²) in [7, 11) is 1.60. The monoisotopic (exact) mass is 422 g/mol. The van der Waals surface area contributed by atoms with Gasteiger partial charge in [0.2, 0.25) is 0 Å². The third-order valence-electron chi connectivity index (χ3n) is 4.49. The second kappa shape index (κ2) is 7.82. The molecule has 4 aromatic rings. The first kappa shape index (κ1) is 20.0. The molecule has 3 N–H and O–H groups in total. The van der Waals surface area contributed by atoms with E-state index in [1.54, 1.807) is 37.5 Å². The van der Waals surface area contributed by atoms with Gasteiger partial charge in [-0.2, -0.15) is 10.2 Å². The molecule has 0 bridgehead atoms. The number of benzene rings is 2. The Labute approximate surface area is 174 Å². The zero-order chi connectivity index (χ0) is 22.1. The highest BCUT2D eigenvalue weighted by Gasteiger charge is 2.20. The number of carbonyl (C=O) groups excluding carboxylic acids is 2. The molecule has 2 amide bonds. The predicted molar refractivity (Wildman–Crippen MR) is 109 cm³/mol. The molecule has 156 valence electrons. The van der Waals surface area contributed by atoms with Crippen molar-refractivity contribution in [1.82, 2.24) is 19.6 Å². The summed E-state index contributed by atoms with van der Waals surface area (Å²) in [5, 5.41) is 10.9. The number of hydrogen-bond donors (Lipinski definition) is 2. The van der Waals surface area contributed by atoms with Gasteiger partial charge in [-0.1, -0.05) is 0 Å². The van der Waals surface area contributed by atoms with Gasteiger partial charge in [0.05, 0.1) is 11.3 Å². The van der Waals surface area contributed by atoms with Crippen LogP contribution in [0.1, 0.15) is 20.8 Å². The molecule has 0 aliphatic heterocycles. The standard InChI is InChI=1S/C21H16F2N6O2/c1-28-11-16(19(27-28)15-7-2-12(22)10-17(15)23)21(31)25-13-3-5-14(6-4-13)29-9-8-18(26-29)20(24)30/h2-11H,1H3,(H2,24,30)(H,25,31). The number of nitrogens with one attached hydrogen (secondary N) is 1. The van der Waals surface area contributed by atoms with Gasteiger partial charge in [-0.15, -0.1) is 0 Å². The van der Waals surface area contributed by atoms with Crippen LogP contribution in [-0.2, 0) is 7.05 Å². The Balaban J connectivity index is 1.57. The number of nitrogens with zero attached hydrogens (tertiary/aromatic N) is 4. The highest BCUT2D eigenvalue weighted by Crippen LogP contribution is 2.26. The molecule has 0 radical (unpaired) electrons. The van der Waals surface area contributed by atoms with Gasteiger partial charge in [-0.25, -0.2) is 13.5 Å². The lowest BCUT2D eigenvalue weighted by Gasteiger charge is -2.08. The van der Waals surface area contributed by atoms with E-state index in [4.69, 9.17) is 5.73 Å². The van der Waals surface area contributed by atoms with Gasteiger partial charge in [-0.3, -0.25) is 14.3 Å². The summed E-state index contributed by atoms with van der Waals surface area (Å²) >= 11 is 0. The number of anilines is 1. The van der Waals surface area contributed by atoms with Crippen molar-refractivity contribution in [1.29, 1.82) is 0 Å². The van der Waals surface area contributed by atoms with Crippen LogP contribution >= 0.6 is 0 Å². The number of nitrogens with two attached hydrogens (primary N) is 1. The molecule has 2 aromatic carbocycles. The normalized spacial score (nSPS) is 10.8. The smallest absolute Gasteiger partial charge is 0.269 e. The molecule has 31 heavy (non-hydrogen) atoms. The maximum Gasteiger partial charge on any atom is 0.269 e. The minimum atomic E-state index is -0.813. The maximum atomic E-state index is 14.2. The average Bonchev–Trinajstić information content (AvgIpc) is 3.36. The molecule has 0 atom stereocenters. The highest BCUT2D eigenvalue weighted by atomic mass is 19.1. The minimum Gasteiger partial charge on any atom is -0.364 e. The van der Waals surface area contributed by atoms with Gasteiger partial charge in [0.25, 0.3) is 11.8 Å². The first-order chi connectivity index (χ1) is 14.8. The van der Waals surface area contributed by atoms with Crippen molar-refractivity contribution < 1.29 is 18.4 Å². The van der Waals surface area contributed by atoms with Crippen LogP contribution in [-0.4, -0.2) is 31.4 Å². The van der Waals surface area contributed by atoms with Crippen molar-refractivity contribution in [2.24, 2.45) is 12.8 Å². The summed E-state index contributed by atoms with van der Waals surface area (Å²) in [6, 6.07) is 11.3. The number of carbonyl (C=O) groups is 2. The van der Waals surface area contributed by atoms with E-state index >= 15 is 0 Å². The fourth-order valence-corrected chi connectivity index (χ4v) is 3.03. The van der Waals surface area contributed by atoms with Crippen molar-refractivity contribution in [3.8, 4) is 16.9 Å². The van der Waals surface area contributed by atoms with Gasteiger partial charge in [0.15, 0.2) is 0 Å². The number of aromatic nitrogens is 4. The Morgan fingerprint density at radius 1 is 1.03 bits per heavy atom. The molecule has 0 saturated carbocycles. The summed E-state index contributed by atoms with van der Waals surface area (Å²) in [5.74, 6) is -2.67. The lowest BCUT2D eigenvalue weighted by molar-refractivity contribution is 0.0993. The van der Waals surface area contributed by atoms with Crippen molar-refractivity contribution >= 4 is 17.5 Å². The summed E-state index contributed by atoms with van der Waals surface area (Å²) < 4.78 is 30.3. The Bertz CT molecular complexity index is 1290. The zero-order valence-corrected chi connectivity index (χ0v) is 16.2. The molecular formula is C21H16F2N6O2. The highest BCUT2D eigenvalue weighted by molar-refractivity contribution is 6.08. The predicted octanol–water partition coefficient (Wildman–Crippen LogP) is 2.90. The summed E-state index contributed by atoms with van der Waals surface area (Å²) in [6.45, 7) is 0. The van der Waals surface area contributed by atoms with Gasteiger partial charge in [0, 0.05) is 36.8 Å². The molecule has 0 saturated heterocycles. The Kier molecular flexibility index (Phi) is 5.04. The zero-order valence-electron chi connectivity index (χ0n) is 16.2. The third kappa shape index (κ3) is 4.04. The van der Waals surface area contributed by atoms with Crippen LogP contribution in [0.25, 0.3) is 16.9 Å². The first-order valence-corrected chi connectivity index (χ1v) is 9.08. The SMILES string of the molecule is Cn1cc(C(=O)Nc2ccc(-n3ccc(C(N)=O)n3)cc2)c(-c2ccc(F)cc2F)n1. The molecule has 2 heterocycles. The molecule has 0 aliphatic carbocycles. The van der Waals surface area contributed by atoms with Crippen LogP contribution in [0.4, 0.5) is 14.5 Å². The van der Waals surface area contributed by atoms with Crippen LogP contribution in [0.15, 0.2) is 60.9 Å². The van der Waals surface area contributed by atoms with Crippen molar-refractivity contribution in [2.45, 2.75) is 0 Å². The molecule has 0 unspecified atom stereocenters. The molecular weight excluding hydrogens is 406 g/mol. The van der Waals surface area contributed by atoms with Crippen LogP contribution in [0.3, 0.4) is 0 Å². The van der Waals surface area contributed by atoms with Gasteiger partial charge >= 0.3 is 0 Å². The summed E-state index contributed by atoms with van der Waals surface area (Å²) in [5.41, 5.74) is 6.72. The number of rotatable bonds is 5. The number of primary amides is 1. The third-order valence-corrected chi connectivity index (χ3v) is 4.49. The topological polar surface area (TPSA) is 108 Å². The second-order valence-electron chi connectivity index (χ2n) is 6.70. The number of aryl methyl sites for hydroxylation is 1. The Morgan fingerprint density at radius 3 is 2.42 bits per heavy atom. The second-order valence-corrected chi connectivity index (χ2v) is 6.70. The minimum absolute atomic E-state index is 0.0198. The largest absolute Gasteiger partial charge is 0.364 e. The molecule has 4 rings (SSSR count). The van der Waals surface area contributed by atoms with E-state index in [0.717, 1.165) is 12.1 Å². The van der Waals surface area contributed by atoms with Crippen LogP contribution in [0.5, 0.6) is 0 Å². The Morgan fingerprint density at radius 2 is 1.77 bits per heavy atom. The maximum absolute atomic E-state index is 14.2. The fourth-order valence-electron chi connectivity index (χ4n) is 3.03. The number of halogens is 2. The van der Waals surface area contributed by atoms with Crippen molar-refractivity contribution in [3.63, 3.8) is 0 Å². The number of amides is 2. The average molecular weight is 422 g/mol. The van der Waals surface area contributed by atoms with Crippen molar-refractivity contribution in [2.75, 3.05) is 5.32 Å². The number of hydrogen-bond acceptors (Lipinski definition) is 4. The van der Waals surface area contributed by atoms with Crippen LogP contribution in [0.2, 0.25) is 0 Å². The Hall–Kier alpha value is -4.34. The van der Waals surface area contributed by atoms with E-state index < -0.39 is 23.4 Å². The van der Waals surface area contributed by atoms with E-state index in [1.807, 2.05) is 0 Å². The van der Waals surface area contributed by atoms with Crippen LogP contribution in [0, 0.1) is 11.6 Å². The van der Waals surface area contributed by atoms with E-state index in [9.17, 15) is 18.4 Å². The summed E-state index contributed by atoms with van der Waals surface area (Å²) in [6.07, 6.45) is 3.05. The van der Waals surface area contributed by atoms with E-state index in [1.165, 1.54) is 27.7 Å². The van der Waals surface area contributed by atoms with Gasteiger partial charge in [0.1, 0.15) is 23.0 Å². The quantitative estimate of drug-likeness (QED) is 0.516. The molecule has 8 nitrogen and oxygen atoms in total. The van der Waals surface area contributed by atoms with E-state index in [-0.39, 0.29) is 22.5 Å². The molecule has 0 fully saturated rings.